The molecular formula is C11H11FO2. The fraction of sp³-hybridized carbons (Fsp3) is 0.364. The molecule has 0 bridgehead atoms. The first-order valence-corrected chi connectivity index (χ1v) is 4.52. The summed E-state index contributed by atoms with van der Waals surface area (Å²) in [4.78, 5) is 11.0. The summed E-state index contributed by atoms with van der Waals surface area (Å²) >= 11 is 0. The molecule has 1 unspecified atom stereocenters. The van der Waals surface area contributed by atoms with Crippen molar-refractivity contribution in [2.45, 2.75) is 18.8 Å². The van der Waals surface area contributed by atoms with Gasteiger partial charge in [0.05, 0.1) is 6.42 Å². The van der Waals surface area contributed by atoms with Gasteiger partial charge in [0.1, 0.15) is 12.4 Å². The van der Waals surface area contributed by atoms with Gasteiger partial charge in [-0.15, -0.1) is 0 Å². The van der Waals surface area contributed by atoms with Crippen LogP contribution in [0.5, 0.6) is 0 Å². The third kappa shape index (κ3) is 1.39. The van der Waals surface area contributed by atoms with Crippen LogP contribution in [0.1, 0.15) is 18.9 Å². The van der Waals surface area contributed by atoms with Crippen molar-refractivity contribution in [1.29, 1.82) is 0 Å². The van der Waals surface area contributed by atoms with Gasteiger partial charge in [0.15, 0.2) is 0 Å². The summed E-state index contributed by atoms with van der Waals surface area (Å²) in [6.07, 6.45) is 0.258. The van der Waals surface area contributed by atoms with Gasteiger partial charge in [0.25, 0.3) is 0 Å². The lowest BCUT2D eigenvalue weighted by atomic mass is 9.81. The van der Waals surface area contributed by atoms with E-state index in [1.54, 1.807) is 18.2 Å². The first-order valence-electron chi connectivity index (χ1n) is 4.52. The number of esters is 1. The van der Waals surface area contributed by atoms with Crippen LogP contribution in [0, 0.1) is 5.82 Å². The third-order valence-corrected chi connectivity index (χ3v) is 2.61. The lowest BCUT2D eigenvalue weighted by Gasteiger charge is -2.20. The van der Waals surface area contributed by atoms with Gasteiger partial charge in [-0.3, -0.25) is 4.79 Å². The Balaban J connectivity index is 2.40. The van der Waals surface area contributed by atoms with Crippen LogP contribution in [0.4, 0.5) is 4.39 Å². The van der Waals surface area contributed by atoms with Gasteiger partial charge in [-0.1, -0.05) is 25.1 Å². The predicted octanol–water partition coefficient (Wildman–Crippen LogP) is 2.03. The molecule has 0 saturated carbocycles. The van der Waals surface area contributed by atoms with Crippen molar-refractivity contribution in [2.75, 3.05) is 6.61 Å². The van der Waals surface area contributed by atoms with E-state index in [2.05, 4.69) is 0 Å². The van der Waals surface area contributed by atoms with Crippen molar-refractivity contribution >= 4 is 5.97 Å². The number of carbonyl (C=O) groups is 1. The van der Waals surface area contributed by atoms with E-state index < -0.39 is 5.41 Å². The Morgan fingerprint density at radius 2 is 2.14 bits per heavy atom. The second-order valence-electron chi connectivity index (χ2n) is 3.88. The quantitative estimate of drug-likeness (QED) is 0.639. The smallest absolute Gasteiger partial charge is 0.306 e. The summed E-state index contributed by atoms with van der Waals surface area (Å²) in [5.41, 5.74) is 0.0634. The van der Waals surface area contributed by atoms with Gasteiger partial charge >= 0.3 is 5.97 Å². The Hall–Kier alpha value is -1.38. The number of halogens is 1. The van der Waals surface area contributed by atoms with E-state index in [9.17, 15) is 9.18 Å². The number of carbonyl (C=O) groups excluding carboxylic acids is 1. The van der Waals surface area contributed by atoms with E-state index >= 15 is 0 Å². The first kappa shape index (κ1) is 9.19. The molecule has 0 aromatic heterocycles. The van der Waals surface area contributed by atoms with E-state index in [1.807, 2.05) is 6.92 Å². The van der Waals surface area contributed by atoms with E-state index in [0.717, 1.165) is 0 Å². The molecule has 1 aliphatic rings. The van der Waals surface area contributed by atoms with Gasteiger partial charge in [-0.25, -0.2) is 4.39 Å². The highest BCUT2D eigenvalue weighted by molar-refractivity contribution is 5.74. The molecule has 1 aromatic carbocycles. The molecule has 0 N–H and O–H groups in total. The van der Waals surface area contributed by atoms with Crippen molar-refractivity contribution in [3.8, 4) is 0 Å². The van der Waals surface area contributed by atoms with Crippen LogP contribution in [0.3, 0.4) is 0 Å². The van der Waals surface area contributed by atoms with Crippen molar-refractivity contribution in [1.82, 2.24) is 0 Å². The number of cyclic esters (lactones) is 1. The molecule has 2 rings (SSSR count). The fourth-order valence-electron chi connectivity index (χ4n) is 1.78. The number of rotatable bonds is 1. The topological polar surface area (TPSA) is 26.3 Å². The molecule has 1 aromatic rings. The highest BCUT2D eigenvalue weighted by Gasteiger charge is 2.39. The number of hydrogen-bond acceptors (Lipinski definition) is 2. The van der Waals surface area contributed by atoms with Crippen molar-refractivity contribution in [2.24, 2.45) is 0 Å². The summed E-state index contributed by atoms with van der Waals surface area (Å²) in [5.74, 6) is -0.524. The Morgan fingerprint density at radius 1 is 1.43 bits per heavy atom. The molecule has 1 aliphatic heterocycles. The van der Waals surface area contributed by atoms with Crippen LogP contribution >= 0.6 is 0 Å². The van der Waals surface area contributed by atoms with Crippen LogP contribution in [-0.4, -0.2) is 12.6 Å². The number of benzene rings is 1. The number of hydrogen-bond donors (Lipinski definition) is 0. The zero-order chi connectivity index (χ0) is 10.2. The van der Waals surface area contributed by atoms with Crippen LogP contribution in [0.2, 0.25) is 0 Å². The van der Waals surface area contributed by atoms with Crippen molar-refractivity contribution in [3.63, 3.8) is 0 Å². The molecule has 1 fully saturated rings. The van der Waals surface area contributed by atoms with Gasteiger partial charge < -0.3 is 4.74 Å². The van der Waals surface area contributed by atoms with Crippen LogP contribution in [-0.2, 0) is 14.9 Å². The van der Waals surface area contributed by atoms with Crippen LogP contribution < -0.4 is 0 Å². The Labute approximate surface area is 81.7 Å². The molecule has 0 radical (unpaired) electrons. The zero-order valence-corrected chi connectivity index (χ0v) is 7.92. The molecule has 14 heavy (non-hydrogen) atoms. The highest BCUT2D eigenvalue weighted by atomic mass is 19.1. The average molecular weight is 194 g/mol. The van der Waals surface area contributed by atoms with Crippen LogP contribution in [0.25, 0.3) is 0 Å². The monoisotopic (exact) mass is 194 g/mol. The molecule has 1 heterocycles. The zero-order valence-electron chi connectivity index (χ0n) is 7.92. The number of ether oxygens (including phenoxy) is 1. The first-order chi connectivity index (χ1) is 6.62. The molecule has 1 saturated heterocycles. The molecule has 74 valence electrons. The molecule has 0 aliphatic carbocycles. The maximum atomic E-state index is 13.4. The molecule has 2 nitrogen and oxygen atoms in total. The minimum atomic E-state index is -0.498. The summed E-state index contributed by atoms with van der Waals surface area (Å²) in [6, 6.07) is 6.52. The van der Waals surface area contributed by atoms with E-state index in [1.165, 1.54) is 6.07 Å². The van der Waals surface area contributed by atoms with E-state index in [4.69, 9.17) is 4.74 Å². The maximum absolute atomic E-state index is 13.4. The van der Waals surface area contributed by atoms with Crippen molar-refractivity contribution < 1.29 is 13.9 Å². The van der Waals surface area contributed by atoms with Gasteiger partial charge in [0.2, 0.25) is 0 Å². The Morgan fingerprint density at radius 3 is 2.71 bits per heavy atom. The lowest BCUT2D eigenvalue weighted by molar-refractivity contribution is -0.137. The molecule has 0 spiro atoms. The lowest BCUT2D eigenvalue weighted by Crippen LogP contribution is -2.23. The largest absolute Gasteiger partial charge is 0.465 e. The standard InChI is InChI=1S/C11H11FO2/c1-11(6-10(13)14-7-11)8-4-2-3-5-9(8)12/h2-5H,6-7H2,1H3. The fourth-order valence-corrected chi connectivity index (χ4v) is 1.78. The van der Waals surface area contributed by atoms with Crippen molar-refractivity contribution in [3.05, 3.63) is 35.6 Å². The van der Waals surface area contributed by atoms with Gasteiger partial charge in [-0.05, 0) is 11.6 Å². The molecule has 0 amide bonds. The average Bonchev–Trinajstić information content (AvgIpc) is 2.48. The highest BCUT2D eigenvalue weighted by Crippen LogP contribution is 2.34. The maximum Gasteiger partial charge on any atom is 0.306 e. The van der Waals surface area contributed by atoms with E-state index in [-0.39, 0.29) is 24.8 Å². The van der Waals surface area contributed by atoms with Gasteiger partial charge in [0, 0.05) is 5.41 Å². The summed E-state index contributed by atoms with van der Waals surface area (Å²) in [5, 5.41) is 0. The van der Waals surface area contributed by atoms with E-state index in [0.29, 0.717) is 5.56 Å². The van der Waals surface area contributed by atoms with Gasteiger partial charge in [-0.2, -0.15) is 0 Å². The third-order valence-electron chi connectivity index (χ3n) is 2.61. The predicted molar refractivity (Wildman–Crippen MR) is 49.3 cm³/mol. The Bertz CT molecular complexity index is 375. The summed E-state index contributed by atoms with van der Waals surface area (Å²) < 4.78 is 18.3. The molecular weight excluding hydrogens is 183 g/mol. The Kier molecular flexibility index (Phi) is 2.02. The van der Waals surface area contributed by atoms with Crippen LogP contribution in [0.15, 0.2) is 24.3 Å². The second-order valence-corrected chi connectivity index (χ2v) is 3.88. The minimum absolute atomic E-state index is 0.254. The minimum Gasteiger partial charge on any atom is -0.465 e. The summed E-state index contributed by atoms with van der Waals surface area (Å²) in [6.45, 7) is 2.11. The molecule has 1 atom stereocenters. The normalized spacial score (nSPS) is 26.3. The summed E-state index contributed by atoms with van der Waals surface area (Å²) in [7, 11) is 0. The second kappa shape index (κ2) is 3.08. The SMILES string of the molecule is CC1(c2ccccc2F)COC(=O)C1. The molecule has 3 heteroatoms.